The molecular formula is C22H16F3N3O4S. The summed E-state index contributed by atoms with van der Waals surface area (Å²) in [6, 6.07) is 10.2. The van der Waals surface area contributed by atoms with Crippen LogP contribution in [0.5, 0.6) is 0 Å². The van der Waals surface area contributed by atoms with E-state index in [9.17, 15) is 31.2 Å². The highest BCUT2D eigenvalue weighted by molar-refractivity contribution is 7.90. The number of carbonyl (C=O) groups is 2. The molecule has 1 saturated heterocycles. The molecule has 0 N–H and O–H groups in total. The van der Waals surface area contributed by atoms with Crippen LogP contribution in [0.3, 0.4) is 0 Å². The van der Waals surface area contributed by atoms with Crippen LogP contribution in [0, 0.1) is 17.5 Å². The lowest BCUT2D eigenvalue weighted by atomic mass is 10.0. The number of anilines is 1. The molecule has 3 amide bonds. The van der Waals surface area contributed by atoms with E-state index in [2.05, 4.69) is 4.98 Å². The Hall–Kier alpha value is -3.73. The molecule has 0 atom stereocenters. The maximum atomic E-state index is 14.6. The monoisotopic (exact) mass is 475 g/mol. The van der Waals surface area contributed by atoms with Gasteiger partial charge in [0.1, 0.15) is 17.3 Å². The zero-order valence-electron chi connectivity index (χ0n) is 17.1. The zero-order valence-corrected chi connectivity index (χ0v) is 17.9. The van der Waals surface area contributed by atoms with Crippen molar-refractivity contribution in [3.05, 3.63) is 77.9 Å². The molecule has 170 valence electrons. The van der Waals surface area contributed by atoms with Crippen molar-refractivity contribution in [2.45, 2.75) is 11.4 Å². The molecule has 7 nitrogen and oxygen atoms in total. The number of carbonyl (C=O) groups excluding carboxylic acids is 2. The predicted octanol–water partition coefficient (Wildman–Crippen LogP) is 3.54. The average molecular weight is 475 g/mol. The van der Waals surface area contributed by atoms with Crippen molar-refractivity contribution in [2.75, 3.05) is 17.7 Å². The first kappa shape index (κ1) is 22.5. The minimum Gasteiger partial charge on any atom is -0.310 e. The number of halogens is 3. The second kappa shape index (κ2) is 8.32. The third-order valence-electron chi connectivity index (χ3n) is 5.10. The van der Waals surface area contributed by atoms with Gasteiger partial charge in [0.05, 0.1) is 5.69 Å². The summed E-state index contributed by atoms with van der Waals surface area (Å²) in [5.74, 6) is -6.33. The molecule has 2 heterocycles. The highest BCUT2D eigenvalue weighted by atomic mass is 32.2. The molecule has 0 unspecified atom stereocenters. The van der Waals surface area contributed by atoms with Crippen molar-refractivity contribution in [3.8, 4) is 11.1 Å². The number of nitrogens with zero attached hydrogens (tertiary/aromatic N) is 3. The van der Waals surface area contributed by atoms with Gasteiger partial charge in [-0.1, -0.05) is 30.3 Å². The first-order valence-corrected chi connectivity index (χ1v) is 11.5. The number of imide groups is 1. The normalized spacial score (nSPS) is 14.3. The molecule has 0 spiro atoms. The Kier molecular flexibility index (Phi) is 5.66. The summed E-state index contributed by atoms with van der Waals surface area (Å²) in [7, 11) is -4.43. The molecule has 0 aliphatic carbocycles. The Morgan fingerprint density at radius 1 is 1.03 bits per heavy atom. The second-order valence-electron chi connectivity index (χ2n) is 7.37. The third kappa shape index (κ3) is 4.07. The van der Waals surface area contributed by atoms with Crippen LogP contribution in [0.2, 0.25) is 0 Å². The quantitative estimate of drug-likeness (QED) is 0.416. The first-order chi connectivity index (χ1) is 15.6. The van der Waals surface area contributed by atoms with E-state index < -0.39 is 56.4 Å². The van der Waals surface area contributed by atoms with E-state index in [0.29, 0.717) is 28.3 Å². The van der Waals surface area contributed by atoms with Crippen LogP contribution < -0.4 is 4.90 Å². The van der Waals surface area contributed by atoms with E-state index in [1.165, 1.54) is 6.20 Å². The Balaban J connectivity index is 1.69. The molecule has 33 heavy (non-hydrogen) atoms. The van der Waals surface area contributed by atoms with E-state index >= 15 is 0 Å². The lowest BCUT2D eigenvalue weighted by Crippen LogP contribution is -2.34. The second-order valence-corrected chi connectivity index (χ2v) is 9.33. The number of sulfone groups is 1. The van der Waals surface area contributed by atoms with E-state index in [-0.39, 0.29) is 6.54 Å². The van der Waals surface area contributed by atoms with Crippen LogP contribution in [0.25, 0.3) is 11.1 Å². The lowest BCUT2D eigenvalue weighted by molar-refractivity contribution is -0.116. The average Bonchev–Trinajstić information content (AvgIpc) is 3.03. The highest BCUT2D eigenvalue weighted by Gasteiger charge is 2.40. The third-order valence-corrected chi connectivity index (χ3v) is 6.22. The number of urea groups is 1. The minimum atomic E-state index is -4.43. The zero-order chi connectivity index (χ0) is 23.9. The van der Waals surface area contributed by atoms with Crippen LogP contribution in [-0.2, 0) is 21.2 Å². The number of rotatable bonds is 5. The first-order valence-electron chi connectivity index (χ1n) is 9.57. The SMILES string of the molecule is CS(=O)(=O)c1c(F)cc(N2C(=O)CN(Cc3ccncc3-c3ccccc3)C2=O)c(F)c1F. The summed E-state index contributed by atoms with van der Waals surface area (Å²) < 4.78 is 66.5. The van der Waals surface area contributed by atoms with Crippen LogP contribution in [0.4, 0.5) is 23.7 Å². The lowest BCUT2D eigenvalue weighted by Gasteiger charge is -2.19. The van der Waals surface area contributed by atoms with Gasteiger partial charge in [-0.2, -0.15) is 0 Å². The number of hydrogen-bond acceptors (Lipinski definition) is 5. The van der Waals surface area contributed by atoms with Gasteiger partial charge in [-0.15, -0.1) is 0 Å². The Labute approximate surface area is 187 Å². The fraction of sp³-hybridized carbons (Fsp3) is 0.136. The van der Waals surface area contributed by atoms with E-state index in [1.807, 2.05) is 30.3 Å². The minimum absolute atomic E-state index is 0.0537. The fourth-order valence-corrected chi connectivity index (χ4v) is 4.45. The Bertz CT molecular complexity index is 1380. The van der Waals surface area contributed by atoms with Crippen LogP contribution in [0.1, 0.15) is 5.56 Å². The Morgan fingerprint density at radius 2 is 1.73 bits per heavy atom. The molecule has 4 rings (SSSR count). The van der Waals surface area contributed by atoms with Crippen LogP contribution in [-0.4, -0.2) is 43.0 Å². The summed E-state index contributed by atoms with van der Waals surface area (Å²) >= 11 is 0. The van der Waals surface area contributed by atoms with Gasteiger partial charge in [0.15, 0.2) is 21.5 Å². The molecule has 0 bridgehead atoms. The van der Waals surface area contributed by atoms with E-state index in [4.69, 9.17) is 0 Å². The van der Waals surface area contributed by atoms with E-state index in [0.717, 1.165) is 10.5 Å². The maximum absolute atomic E-state index is 14.6. The van der Waals surface area contributed by atoms with Crippen LogP contribution >= 0.6 is 0 Å². The van der Waals surface area contributed by atoms with Crippen molar-refractivity contribution in [1.29, 1.82) is 0 Å². The van der Waals surface area contributed by atoms with Gasteiger partial charge in [-0.05, 0) is 17.2 Å². The standard InChI is InChI=1S/C22H16F3N3O4S/c1-33(31,32)21-16(23)9-17(19(24)20(21)25)28-18(29)12-27(22(28)30)11-14-7-8-26-10-15(14)13-5-3-2-4-6-13/h2-10H,11-12H2,1H3. The van der Waals surface area contributed by atoms with Crippen molar-refractivity contribution in [1.82, 2.24) is 9.88 Å². The molecule has 1 aliphatic rings. The topological polar surface area (TPSA) is 87.7 Å². The van der Waals surface area contributed by atoms with Gasteiger partial charge in [0.25, 0.3) is 5.91 Å². The molecule has 11 heteroatoms. The van der Waals surface area contributed by atoms with Crippen LogP contribution in [0.15, 0.2) is 59.8 Å². The molecule has 2 aromatic carbocycles. The molecular weight excluding hydrogens is 459 g/mol. The van der Waals surface area contributed by atoms with Gasteiger partial charge >= 0.3 is 6.03 Å². The predicted molar refractivity (Wildman–Crippen MR) is 112 cm³/mol. The van der Waals surface area contributed by atoms with Crippen molar-refractivity contribution < 1.29 is 31.2 Å². The van der Waals surface area contributed by atoms with Gasteiger partial charge in [0, 0.05) is 36.8 Å². The van der Waals surface area contributed by atoms with E-state index in [1.54, 1.807) is 12.3 Å². The summed E-state index contributed by atoms with van der Waals surface area (Å²) in [6.45, 7) is -0.520. The van der Waals surface area contributed by atoms with Crippen molar-refractivity contribution in [3.63, 3.8) is 0 Å². The van der Waals surface area contributed by atoms with Gasteiger partial charge in [0.2, 0.25) is 0 Å². The molecule has 1 fully saturated rings. The van der Waals surface area contributed by atoms with Gasteiger partial charge in [-0.25, -0.2) is 31.3 Å². The summed E-state index contributed by atoms with van der Waals surface area (Å²) in [6.07, 6.45) is 3.62. The van der Waals surface area contributed by atoms with Crippen molar-refractivity contribution >= 4 is 27.5 Å². The van der Waals surface area contributed by atoms with Crippen molar-refractivity contribution in [2.24, 2.45) is 0 Å². The Morgan fingerprint density at radius 3 is 2.39 bits per heavy atom. The largest absolute Gasteiger partial charge is 0.332 e. The molecule has 3 aromatic rings. The fourth-order valence-electron chi connectivity index (χ4n) is 3.62. The number of pyridine rings is 1. The van der Waals surface area contributed by atoms with Gasteiger partial charge in [-0.3, -0.25) is 9.78 Å². The highest BCUT2D eigenvalue weighted by Crippen LogP contribution is 2.33. The summed E-state index contributed by atoms with van der Waals surface area (Å²) in [5, 5.41) is 0. The number of aromatic nitrogens is 1. The maximum Gasteiger partial charge on any atom is 0.332 e. The molecule has 0 radical (unpaired) electrons. The smallest absolute Gasteiger partial charge is 0.310 e. The number of hydrogen-bond donors (Lipinski definition) is 0. The summed E-state index contributed by atoms with van der Waals surface area (Å²) in [5.41, 5.74) is 1.18. The molecule has 1 aliphatic heterocycles. The van der Waals surface area contributed by atoms with Gasteiger partial charge < -0.3 is 4.90 Å². The summed E-state index contributed by atoms with van der Waals surface area (Å²) in [4.78, 5) is 29.4. The molecule has 0 saturated carbocycles. The number of amides is 3. The molecule has 1 aromatic heterocycles. The number of benzene rings is 2.